The summed E-state index contributed by atoms with van der Waals surface area (Å²) in [6.45, 7) is 2.30. The van der Waals surface area contributed by atoms with Crippen molar-refractivity contribution < 1.29 is 22.8 Å². The second kappa shape index (κ2) is 10.0. The molecule has 0 spiro atoms. The van der Waals surface area contributed by atoms with Gasteiger partial charge in [-0.2, -0.15) is 13.2 Å². The molecule has 3 aliphatic rings. The minimum absolute atomic E-state index is 0.0141. The van der Waals surface area contributed by atoms with Gasteiger partial charge in [-0.25, -0.2) is 0 Å². The van der Waals surface area contributed by atoms with Crippen molar-refractivity contribution in [3.63, 3.8) is 0 Å². The van der Waals surface area contributed by atoms with Crippen molar-refractivity contribution in [1.29, 1.82) is 0 Å². The maximum absolute atomic E-state index is 12.9. The smallest absolute Gasteiger partial charge is 0.372 e. The molecule has 2 aromatic carbocycles. The molecule has 0 aromatic heterocycles. The number of anilines is 3. The Labute approximate surface area is 208 Å². The molecular formula is C27H31F3N4O2. The van der Waals surface area contributed by atoms with Gasteiger partial charge in [-0.05, 0) is 67.6 Å². The molecule has 2 heterocycles. The number of amides is 2. The van der Waals surface area contributed by atoms with E-state index < -0.39 is 12.1 Å². The summed E-state index contributed by atoms with van der Waals surface area (Å²) in [5.74, 6) is -0.935. The normalized spacial score (nSPS) is 19.1. The van der Waals surface area contributed by atoms with Crippen molar-refractivity contribution in [2.24, 2.45) is 17.8 Å². The highest BCUT2D eigenvalue weighted by Crippen LogP contribution is 2.36. The lowest BCUT2D eigenvalue weighted by atomic mass is 9.96. The van der Waals surface area contributed by atoms with Crippen LogP contribution in [0.2, 0.25) is 0 Å². The third-order valence-corrected chi connectivity index (χ3v) is 7.39. The van der Waals surface area contributed by atoms with Gasteiger partial charge in [-0.3, -0.25) is 9.59 Å². The van der Waals surface area contributed by atoms with Gasteiger partial charge in [-0.1, -0.05) is 12.1 Å². The Morgan fingerprint density at radius 1 is 0.833 bits per heavy atom. The first-order chi connectivity index (χ1) is 17.3. The van der Waals surface area contributed by atoms with Gasteiger partial charge in [0.1, 0.15) is 0 Å². The van der Waals surface area contributed by atoms with Crippen molar-refractivity contribution >= 4 is 28.9 Å². The van der Waals surface area contributed by atoms with Gasteiger partial charge in [0.2, 0.25) is 11.8 Å². The molecule has 1 aliphatic carbocycles. The number of carbonyl (C=O) groups excluding carboxylic acids is 2. The van der Waals surface area contributed by atoms with Crippen LogP contribution in [-0.4, -0.2) is 49.1 Å². The molecule has 36 heavy (non-hydrogen) atoms. The van der Waals surface area contributed by atoms with E-state index in [0.717, 1.165) is 35.5 Å². The number of nitrogens with one attached hydrogen (secondary N) is 2. The summed E-state index contributed by atoms with van der Waals surface area (Å²) < 4.78 is 38.7. The first kappa shape index (κ1) is 24.5. The second-order valence-corrected chi connectivity index (χ2v) is 10.1. The summed E-state index contributed by atoms with van der Waals surface area (Å²) >= 11 is 0. The summed E-state index contributed by atoms with van der Waals surface area (Å²) in [6.07, 6.45) is -1.87. The number of nitrogens with zero attached hydrogens (tertiary/aromatic N) is 2. The number of hydrogen-bond acceptors (Lipinski definition) is 4. The maximum atomic E-state index is 12.9. The zero-order valence-corrected chi connectivity index (χ0v) is 20.1. The second-order valence-electron chi connectivity index (χ2n) is 10.1. The van der Waals surface area contributed by atoms with Crippen molar-refractivity contribution in [3.05, 3.63) is 54.1 Å². The Morgan fingerprint density at radius 2 is 1.42 bits per heavy atom. The number of hydrogen-bond donors (Lipinski definition) is 2. The van der Waals surface area contributed by atoms with Crippen LogP contribution < -0.4 is 15.5 Å². The molecule has 192 valence electrons. The van der Waals surface area contributed by atoms with E-state index in [-0.39, 0.29) is 36.5 Å². The molecule has 2 aromatic rings. The molecule has 2 N–H and O–H groups in total. The highest BCUT2D eigenvalue weighted by atomic mass is 19.4. The van der Waals surface area contributed by atoms with Crippen LogP contribution in [0.25, 0.3) is 0 Å². The van der Waals surface area contributed by atoms with Crippen LogP contribution in [0.3, 0.4) is 0 Å². The minimum atomic E-state index is -4.10. The van der Waals surface area contributed by atoms with Crippen LogP contribution in [0.15, 0.2) is 48.5 Å². The standard InChI is InChI=1S/C27H31F3N4O2/c28-27(29,30)21-11-13-33(14-12-21)24-9-7-23(8-10-24)32-22-5-1-18(2-6-22)15-31-25(35)20-16-34(17-20)26(36)19-3-4-19/h1-2,5-10,19-21,32H,3-4,11-17H2,(H,31,35). The topological polar surface area (TPSA) is 64.7 Å². The van der Waals surface area contributed by atoms with Gasteiger partial charge in [0.15, 0.2) is 0 Å². The van der Waals surface area contributed by atoms with Gasteiger partial charge in [0.05, 0.1) is 11.8 Å². The number of halogens is 3. The maximum Gasteiger partial charge on any atom is 0.391 e. The van der Waals surface area contributed by atoms with E-state index in [9.17, 15) is 22.8 Å². The Kier molecular flexibility index (Phi) is 6.81. The Bertz CT molecular complexity index is 1070. The van der Waals surface area contributed by atoms with Gasteiger partial charge < -0.3 is 20.4 Å². The summed E-state index contributed by atoms with van der Waals surface area (Å²) in [7, 11) is 0. The fraction of sp³-hybridized carbons (Fsp3) is 0.481. The number of rotatable bonds is 7. The zero-order valence-electron chi connectivity index (χ0n) is 20.1. The van der Waals surface area contributed by atoms with Crippen molar-refractivity contribution in [3.8, 4) is 0 Å². The Hall–Kier alpha value is -3.23. The molecule has 9 heteroatoms. The third kappa shape index (κ3) is 5.77. The van der Waals surface area contributed by atoms with Crippen molar-refractivity contribution in [2.75, 3.05) is 36.4 Å². The summed E-state index contributed by atoms with van der Waals surface area (Å²) in [6, 6.07) is 15.5. The molecule has 6 nitrogen and oxygen atoms in total. The van der Waals surface area contributed by atoms with Crippen LogP contribution in [0, 0.1) is 17.8 Å². The molecule has 0 bridgehead atoms. The van der Waals surface area contributed by atoms with Gasteiger partial charge >= 0.3 is 6.18 Å². The predicted molar refractivity (Wildman–Crippen MR) is 132 cm³/mol. The fourth-order valence-electron chi connectivity index (χ4n) is 4.84. The SMILES string of the molecule is O=C(NCc1ccc(Nc2ccc(N3CCC(C(F)(F)F)CC3)cc2)cc1)C1CN(C(=O)C2CC2)C1. The summed E-state index contributed by atoms with van der Waals surface area (Å²) in [5, 5.41) is 6.29. The van der Waals surface area contributed by atoms with E-state index in [1.165, 1.54) is 0 Å². The van der Waals surface area contributed by atoms with Crippen molar-refractivity contribution in [1.82, 2.24) is 10.2 Å². The Balaban J connectivity index is 1.05. The first-order valence-corrected chi connectivity index (χ1v) is 12.6. The number of likely N-dealkylation sites (tertiary alicyclic amines) is 1. The molecule has 3 fully saturated rings. The van der Waals surface area contributed by atoms with Crippen LogP contribution in [0.4, 0.5) is 30.2 Å². The molecule has 2 saturated heterocycles. The lowest BCUT2D eigenvalue weighted by molar-refractivity contribution is -0.179. The lowest BCUT2D eigenvalue weighted by Gasteiger charge is -2.38. The van der Waals surface area contributed by atoms with E-state index >= 15 is 0 Å². The zero-order chi connectivity index (χ0) is 25.3. The van der Waals surface area contributed by atoms with E-state index in [1.807, 2.05) is 53.4 Å². The summed E-state index contributed by atoms with van der Waals surface area (Å²) in [5.41, 5.74) is 3.70. The van der Waals surface area contributed by atoms with Crippen LogP contribution in [0.1, 0.15) is 31.2 Å². The van der Waals surface area contributed by atoms with Crippen LogP contribution in [-0.2, 0) is 16.1 Å². The molecule has 2 aliphatic heterocycles. The van der Waals surface area contributed by atoms with Gasteiger partial charge in [0.25, 0.3) is 0 Å². The highest BCUT2D eigenvalue weighted by molar-refractivity contribution is 5.86. The molecular weight excluding hydrogens is 469 g/mol. The molecule has 2 amide bonds. The van der Waals surface area contributed by atoms with Gasteiger partial charge in [-0.15, -0.1) is 0 Å². The van der Waals surface area contributed by atoms with Gasteiger partial charge in [0, 0.05) is 55.7 Å². The lowest BCUT2D eigenvalue weighted by Crippen LogP contribution is -2.56. The molecule has 5 rings (SSSR count). The number of piperidine rings is 1. The highest BCUT2D eigenvalue weighted by Gasteiger charge is 2.42. The van der Waals surface area contributed by atoms with Crippen LogP contribution >= 0.6 is 0 Å². The number of carbonyl (C=O) groups is 2. The van der Waals surface area contributed by atoms with E-state index in [0.29, 0.717) is 32.7 Å². The quantitative estimate of drug-likeness (QED) is 0.579. The minimum Gasteiger partial charge on any atom is -0.372 e. The number of benzene rings is 2. The average Bonchev–Trinajstić information content (AvgIpc) is 3.68. The average molecular weight is 501 g/mol. The predicted octanol–water partition coefficient (Wildman–Crippen LogP) is 4.69. The van der Waals surface area contributed by atoms with Crippen molar-refractivity contribution in [2.45, 2.75) is 38.4 Å². The fourth-order valence-corrected chi connectivity index (χ4v) is 4.84. The largest absolute Gasteiger partial charge is 0.391 e. The summed E-state index contributed by atoms with van der Waals surface area (Å²) in [4.78, 5) is 28.1. The monoisotopic (exact) mass is 500 g/mol. The first-order valence-electron chi connectivity index (χ1n) is 12.6. The molecule has 0 radical (unpaired) electrons. The van der Waals surface area contributed by atoms with E-state index in [1.54, 1.807) is 4.90 Å². The van der Waals surface area contributed by atoms with E-state index in [4.69, 9.17) is 0 Å². The van der Waals surface area contributed by atoms with Crippen LogP contribution in [0.5, 0.6) is 0 Å². The van der Waals surface area contributed by atoms with E-state index in [2.05, 4.69) is 10.6 Å². The molecule has 1 saturated carbocycles. The third-order valence-electron chi connectivity index (χ3n) is 7.39. The number of alkyl halides is 3. The molecule has 0 atom stereocenters. The molecule has 0 unspecified atom stereocenters. The Morgan fingerprint density at radius 3 is 1.97 bits per heavy atom.